The van der Waals surface area contributed by atoms with Gasteiger partial charge in [-0.3, -0.25) is 9.78 Å². The zero-order valence-electron chi connectivity index (χ0n) is 12.9. The summed E-state index contributed by atoms with van der Waals surface area (Å²) in [5, 5.41) is 2.66. The maximum Gasteiger partial charge on any atom is 0.338 e. The predicted octanol–water partition coefficient (Wildman–Crippen LogP) is 2.04. The number of rotatable bonds is 4. The number of fused-ring (bicyclic) bond motifs is 1. The van der Waals surface area contributed by atoms with Crippen LogP contribution in [-0.4, -0.2) is 36.7 Å². The standard InChI is InChI=1S/C17H16N2O5/c20-16(11-24-17(21)12-4-6-18-7-5-12)19-13-2-3-14-15(10-13)23-9-1-8-22-14/h2-7,10H,1,8-9,11H2,(H,19,20). The van der Waals surface area contributed by atoms with Crippen LogP contribution in [0.25, 0.3) is 0 Å². The highest BCUT2D eigenvalue weighted by Crippen LogP contribution is 2.32. The molecule has 1 amide bonds. The fourth-order valence-electron chi connectivity index (χ4n) is 2.14. The van der Waals surface area contributed by atoms with Crippen LogP contribution in [0.5, 0.6) is 11.5 Å². The third kappa shape index (κ3) is 4.01. The Kier molecular flexibility index (Phi) is 4.90. The number of pyridine rings is 1. The second-order valence-corrected chi connectivity index (χ2v) is 5.07. The average Bonchev–Trinajstić information content (AvgIpc) is 2.85. The highest BCUT2D eigenvalue weighted by atomic mass is 16.5. The fourth-order valence-corrected chi connectivity index (χ4v) is 2.14. The molecule has 0 spiro atoms. The number of amides is 1. The zero-order valence-corrected chi connectivity index (χ0v) is 12.9. The van der Waals surface area contributed by atoms with E-state index in [1.807, 2.05) is 0 Å². The molecule has 0 fully saturated rings. The first kappa shape index (κ1) is 15.8. The minimum atomic E-state index is -0.578. The van der Waals surface area contributed by atoms with E-state index in [-0.39, 0.29) is 6.61 Å². The van der Waals surface area contributed by atoms with Crippen LogP contribution in [0.3, 0.4) is 0 Å². The first-order chi connectivity index (χ1) is 11.7. The van der Waals surface area contributed by atoms with Crippen molar-refractivity contribution >= 4 is 17.6 Å². The number of esters is 1. The van der Waals surface area contributed by atoms with Crippen molar-refractivity contribution < 1.29 is 23.8 Å². The molecule has 24 heavy (non-hydrogen) atoms. The molecule has 0 saturated carbocycles. The van der Waals surface area contributed by atoms with E-state index >= 15 is 0 Å². The van der Waals surface area contributed by atoms with Crippen LogP contribution in [0.4, 0.5) is 5.69 Å². The molecule has 1 aliphatic rings. The summed E-state index contributed by atoms with van der Waals surface area (Å²) < 4.78 is 16.0. The lowest BCUT2D eigenvalue weighted by atomic mass is 10.2. The molecule has 0 aliphatic carbocycles. The van der Waals surface area contributed by atoms with Crippen molar-refractivity contribution in [3.63, 3.8) is 0 Å². The molecule has 0 atom stereocenters. The van der Waals surface area contributed by atoms with E-state index < -0.39 is 11.9 Å². The number of hydrogen-bond acceptors (Lipinski definition) is 6. The van der Waals surface area contributed by atoms with Crippen LogP contribution in [-0.2, 0) is 9.53 Å². The summed E-state index contributed by atoms with van der Waals surface area (Å²) in [5.41, 5.74) is 0.887. The normalized spacial score (nSPS) is 12.8. The lowest BCUT2D eigenvalue weighted by molar-refractivity contribution is -0.119. The van der Waals surface area contributed by atoms with Crippen molar-refractivity contribution in [3.8, 4) is 11.5 Å². The molecule has 0 bridgehead atoms. The number of anilines is 1. The molecule has 7 heteroatoms. The minimum absolute atomic E-state index is 0.341. The number of nitrogens with zero attached hydrogens (tertiary/aromatic N) is 1. The Morgan fingerprint density at radius 1 is 1.08 bits per heavy atom. The highest BCUT2D eigenvalue weighted by molar-refractivity contribution is 5.95. The van der Waals surface area contributed by atoms with Gasteiger partial charge in [-0.1, -0.05) is 0 Å². The van der Waals surface area contributed by atoms with E-state index in [9.17, 15) is 9.59 Å². The van der Waals surface area contributed by atoms with Crippen LogP contribution in [0.2, 0.25) is 0 Å². The van der Waals surface area contributed by atoms with E-state index in [0.29, 0.717) is 36.0 Å². The van der Waals surface area contributed by atoms with E-state index in [1.54, 1.807) is 18.2 Å². The van der Waals surface area contributed by atoms with E-state index in [1.165, 1.54) is 24.5 Å². The third-order valence-corrected chi connectivity index (χ3v) is 3.28. The first-order valence-corrected chi connectivity index (χ1v) is 7.49. The van der Waals surface area contributed by atoms with Crippen molar-refractivity contribution in [2.45, 2.75) is 6.42 Å². The minimum Gasteiger partial charge on any atom is -0.490 e. The lowest BCUT2D eigenvalue weighted by Gasteiger charge is -2.10. The quantitative estimate of drug-likeness (QED) is 0.864. The van der Waals surface area contributed by atoms with Gasteiger partial charge in [-0.05, 0) is 24.3 Å². The van der Waals surface area contributed by atoms with Crippen LogP contribution in [0, 0.1) is 0 Å². The summed E-state index contributed by atoms with van der Waals surface area (Å²) in [4.78, 5) is 27.5. The second kappa shape index (κ2) is 7.45. The van der Waals surface area contributed by atoms with Crippen LogP contribution in [0.1, 0.15) is 16.8 Å². The molecule has 0 unspecified atom stereocenters. The summed E-state index contributed by atoms with van der Waals surface area (Å²) in [6.45, 7) is 0.785. The van der Waals surface area contributed by atoms with Gasteiger partial charge in [0.1, 0.15) is 0 Å². The maximum atomic E-state index is 11.9. The number of aromatic nitrogens is 1. The van der Waals surface area contributed by atoms with Crippen molar-refractivity contribution in [2.24, 2.45) is 0 Å². The first-order valence-electron chi connectivity index (χ1n) is 7.49. The monoisotopic (exact) mass is 328 g/mol. The number of benzene rings is 1. The predicted molar refractivity (Wildman–Crippen MR) is 85.2 cm³/mol. The number of nitrogens with one attached hydrogen (secondary N) is 1. The molecular formula is C17H16N2O5. The van der Waals surface area contributed by atoms with Gasteiger partial charge in [-0.15, -0.1) is 0 Å². The largest absolute Gasteiger partial charge is 0.490 e. The van der Waals surface area contributed by atoms with Crippen molar-refractivity contribution in [1.29, 1.82) is 0 Å². The molecule has 2 heterocycles. The summed E-state index contributed by atoms with van der Waals surface area (Å²) in [5.74, 6) is 0.215. The Hall–Kier alpha value is -3.09. The molecule has 2 aromatic rings. The number of hydrogen-bond donors (Lipinski definition) is 1. The SMILES string of the molecule is O=C(COC(=O)c1ccncc1)Nc1ccc2c(c1)OCCCO2. The van der Waals surface area contributed by atoms with Gasteiger partial charge in [0.25, 0.3) is 5.91 Å². The Labute approximate surface area is 138 Å². The summed E-state index contributed by atoms with van der Waals surface area (Å²) in [7, 11) is 0. The molecule has 1 aromatic heterocycles. The van der Waals surface area contributed by atoms with Gasteiger partial charge in [0.2, 0.25) is 0 Å². The topological polar surface area (TPSA) is 86.8 Å². The number of ether oxygens (including phenoxy) is 3. The fraction of sp³-hybridized carbons (Fsp3) is 0.235. The van der Waals surface area contributed by atoms with Gasteiger partial charge in [0.15, 0.2) is 18.1 Å². The van der Waals surface area contributed by atoms with Crippen molar-refractivity contribution in [1.82, 2.24) is 4.98 Å². The number of carbonyl (C=O) groups is 2. The molecule has 0 radical (unpaired) electrons. The highest BCUT2D eigenvalue weighted by Gasteiger charge is 2.13. The van der Waals surface area contributed by atoms with Gasteiger partial charge < -0.3 is 19.5 Å². The molecule has 1 N–H and O–H groups in total. The Bertz CT molecular complexity index is 733. The molecule has 124 valence electrons. The molecule has 3 rings (SSSR count). The molecular weight excluding hydrogens is 312 g/mol. The maximum absolute atomic E-state index is 11.9. The molecule has 1 aliphatic heterocycles. The molecule has 0 saturated heterocycles. The van der Waals surface area contributed by atoms with E-state index in [2.05, 4.69) is 10.3 Å². The van der Waals surface area contributed by atoms with Crippen LogP contribution < -0.4 is 14.8 Å². The van der Waals surface area contributed by atoms with Crippen LogP contribution >= 0.6 is 0 Å². The van der Waals surface area contributed by atoms with E-state index in [4.69, 9.17) is 14.2 Å². The third-order valence-electron chi connectivity index (χ3n) is 3.28. The second-order valence-electron chi connectivity index (χ2n) is 5.07. The van der Waals surface area contributed by atoms with Crippen molar-refractivity contribution in [2.75, 3.05) is 25.1 Å². The number of carbonyl (C=O) groups excluding carboxylic acids is 2. The summed E-state index contributed by atoms with van der Waals surface area (Å²) in [6.07, 6.45) is 3.77. The zero-order chi connectivity index (χ0) is 16.8. The molecule has 7 nitrogen and oxygen atoms in total. The summed E-state index contributed by atoms with van der Waals surface area (Å²) in [6, 6.07) is 8.16. The summed E-state index contributed by atoms with van der Waals surface area (Å²) >= 11 is 0. The van der Waals surface area contributed by atoms with Gasteiger partial charge in [0, 0.05) is 30.6 Å². The van der Waals surface area contributed by atoms with Crippen LogP contribution in [0.15, 0.2) is 42.7 Å². The van der Waals surface area contributed by atoms with E-state index in [0.717, 1.165) is 6.42 Å². The Morgan fingerprint density at radius 3 is 2.62 bits per heavy atom. The van der Waals surface area contributed by atoms with Gasteiger partial charge in [0.05, 0.1) is 18.8 Å². The lowest BCUT2D eigenvalue weighted by Crippen LogP contribution is -2.21. The van der Waals surface area contributed by atoms with Gasteiger partial charge in [-0.25, -0.2) is 4.79 Å². The van der Waals surface area contributed by atoms with Crippen molar-refractivity contribution in [3.05, 3.63) is 48.3 Å². The Balaban J connectivity index is 1.55. The Morgan fingerprint density at radius 2 is 1.83 bits per heavy atom. The molecule has 1 aromatic carbocycles. The van der Waals surface area contributed by atoms with Gasteiger partial charge in [-0.2, -0.15) is 0 Å². The average molecular weight is 328 g/mol. The van der Waals surface area contributed by atoms with Gasteiger partial charge >= 0.3 is 5.97 Å². The smallest absolute Gasteiger partial charge is 0.338 e.